The molecule has 0 bridgehead atoms. The van der Waals surface area contributed by atoms with Crippen molar-refractivity contribution in [2.45, 2.75) is 12.7 Å². The highest BCUT2D eigenvalue weighted by atomic mass is 79.9. The van der Waals surface area contributed by atoms with Crippen LogP contribution >= 0.6 is 15.9 Å². The van der Waals surface area contributed by atoms with Crippen LogP contribution in [-0.2, 0) is 12.7 Å². The van der Waals surface area contributed by atoms with Crippen molar-refractivity contribution >= 4 is 21.6 Å². The van der Waals surface area contributed by atoms with Gasteiger partial charge in [0.15, 0.2) is 0 Å². The summed E-state index contributed by atoms with van der Waals surface area (Å²) in [5, 5.41) is 2.78. The molecule has 106 valence electrons. The molecular formula is C14H10BrF4N. The van der Waals surface area contributed by atoms with Crippen molar-refractivity contribution in [3.8, 4) is 0 Å². The van der Waals surface area contributed by atoms with Gasteiger partial charge in [0.05, 0.1) is 11.3 Å². The Hall–Kier alpha value is -1.56. The van der Waals surface area contributed by atoms with E-state index in [4.69, 9.17) is 0 Å². The third kappa shape index (κ3) is 3.72. The van der Waals surface area contributed by atoms with E-state index < -0.39 is 17.6 Å². The van der Waals surface area contributed by atoms with Gasteiger partial charge in [0, 0.05) is 11.0 Å². The second-order valence-corrected chi connectivity index (χ2v) is 5.09. The molecule has 0 aliphatic rings. The molecule has 6 heteroatoms. The predicted octanol–water partition coefficient (Wildman–Crippen LogP) is 5.22. The Labute approximate surface area is 121 Å². The second-order valence-electron chi connectivity index (χ2n) is 4.18. The van der Waals surface area contributed by atoms with Crippen LogP contribution in [0.1, 0.15) is 11.1 Å². The van der Waals surface area contributed by atoms with Gasteiger partial charge in [0.1, 0.15) is 5.82 Å². The maximum absolute atomic E-state index is 13.5. The molecule has 2 rings (SSSR count). The van der Waals surface area contributed by atoms with Crippen molar-refractivity contribution in [1.82, 2.24) is 0 Å². The van der Waals surface area contributed by atoms with E-state index in [1.807, 2.05) is 0 Å². The summed E-state index contributed by atoms with van der Waals surface area (Å²) >= 11 is 3.20. The van der Waals surface area contributed by atoms with Gasteiger partial charge in [-0.25, -0.2) is 4.39 Å². The third-order valence-electron chi connectivity index (χ3n) is 2.67. The van der Waals surface area contributed by atoms with Crippen molar-refractivity contribution < 1.29 is 17.6 Å². The Kier molecular flexibility index (Phi) is 4.32. The Morgan fingerprint density at radius 2 is 1.80 bits per heavy atom. The molecule has 0 aliphatic heterocycles. The van der Waals surface area contributed by atoms with E-state index in [0.29, 0.717) is 10.0 Å². The Morgan fingerprint density at radius 1 is 1.05 bits per heavy atom. The van der Waals surface area contributed by atoms with Gasteiger partial charge < -0.3 is 5.32 Å². The minimum Gasteiger partial charge on any atom is -0.379 e. The fourth-order valence-electron chi connectivity index (χ4n) is 1.69. The first kappa shape index (κ1) is 14.8. The van der Waals surface area contributed by atoms with E-state index in [1.54, 1.807) is 12.1 Å². The van der Waals surface area contributed by atoms with Gasteiger partial charge in [0.2, 0.25) is 0 Å². The number of nitrogens with one attached hydrogen (secondary N) is 1. The van der Waals surface area contributed by atoms with Crippen LogP contribution < -0.4 is 5.32 Å². The van der Waals surface area contributed by atoms with E-state index in [2.05, 4.69) is 21.2 Å². The monoisotopic (exact) mass is 347 g/mol. The second kappa shape index (κ2) is 5.83. The normalized spacial score (nSPS) is 11.4. The first-order valence-corrected chi connectivity index (χ1v) is 6.50. The lowest BCUT2D eigenvalue weighted by atomic mass is 10.1. The van der Waals surface area contributed by atoms with Crippen LogP contribution in [0.3, 0.4) is 0 Å². The number of alkyl halides is 3. The number of anilines is 1. The molecule has 0 aliphatic carbocycles. The molecule has 0 amide bonds. The van der Waals surface area contributed by atoms with Gasteiger partial charge >= 0.3 is 6.18 Å². The number of rotatable bonds is 3. The number of halogens is 5. The van der Waals surface area contributed by atoms with Crippen LogP contribution in [0.5, 0.6) is 0 Å². The molecule has 2 aromatic carbocycles. The van der Waals surface area contributed by atoms with Crippen LogP contribution in [0.25, 0.3) is 0 Å². The maximum atomic E-state index is 13.5. The van der Waals surface area contributed by atoms with E-state index in [9.17, 15) is 17.6 Å². The van der Waals surface area contributed by atoms with Crippen molar-refractivity contribution in [3.05, 3.63) is 63.9 Å². The lowest BCUT2D eigenvalue weighted by molar-refractivity contribution is -0.137. The quantitative estimate of drug-likeness (QED) is 0.750. The van der Waals surface area contributed by atoms with Crippen molar-refractivity contribution in [3.63, 3.8) is 0 Å². The van der Waals surface area contributed by atoms with E-state index in [1.165, 1.54) is 18.2 Å². The highest BCUT2D eigenvalue weighted by Crippen LogP contribution is 2.29. The molecule has 0 saturated carbocycles. The summed E-state index contributed by atoms with van der Waals surface area (Å²) in [7, 11) is 0. The smallest absolute Gasteiger partial charge is 0.379 e. The molecule has 0 aromatic heterocycles. The zero-order chi connectivity index (χ0) is 14.8. The predicted molar refractivity (Wildman–Crippen MR) is 72.9 cm³/mol. The van der Waals surface area contributed by atoms with E-state index >= 15 is 0 Å². The van der Waals surface area contributed by atoms with Gasteiger partial charge in [-0.05, 0) is 35.9 Å². The van der Waals surface area contributed by atoms with Gasteiger partial charge in [-0.2, -0.15) is 13.2 Å². The molecule has 2 aromatic rings. The summed E-state index contributed by atoms with van der Waals surface area (Å²) < 4.78 is 51.8. The zero-order valence-corrected chi connectivity index (χ0v) is 11.7. The first-order chi connectivity index (χ1) is 9.36. The average Bonchev–Trinajstić information content (AvgIpc) is 2.39. The topological polar surface area (TPSA) is 12.0 Å². The fraction of sp³-hybridized carbons (Fsp3) is 0.143. The van der Waals surface area contributed by atoms with Gasteiger partial charge in [-0.15, -0.1) is 0 Å². The van der Waals surface area contributed by atoms with Gasteiger partial charge in [0.25, 0.3) is 0 Å². The van der Waals surface area contributed by atoms with Crippen LogP contribution in [0.2, 0.25) is 0 Å². The number of hydrogen-bond acceptors (Lipinski definition) is 1. The lowest BCUT2D eigenvalue weighted by Gasteiger charge is -2.11. The molecule has 0 heterocycles. The van der Waals surface area contributed by atoms with Crippen LogP contribution in [-0.4, -0.2) is 0 Å². The third-order valence-corrected chi connectivity index (χ3v) is 3.16. The molecule has 0 radical (unpaired) electrons. The Bertz CT molecular complexity index is 610. The molecule has 0 saturated heterocycles. The minimum atomic E-state index is -4.38. The van der Waals surface area contributed by atoms with Gasteiger partial charge in [-0.1, -0.05) is 28.1 Å². The van der Waals surface area contributed by atoms with Crippen LogP contribution in [0.15, 0.2) is 46.9 Å². The number of hydrogen-bond donors (Lipinski definition) is 1. The summed E-state index contributed by atoms with van der Waals surface area (Å²) in [6.45, 7) is 0.108. The summed E-state index contributed by atoms with van der Waals surface area (Å²) in [6, 6.07) is 9.29. The van der Waals surface area contributed by atoms with E-state index in [-0.39, 0.29) is 12.2 Å². The summed E-state index contributed by atoms with van der Waals surface area (Å²) in [6.07, 6.45) is -4.38. The summed E-state index contributed by atoms with van der Waals surface area (Å²) in [5.41, 5.74) is -0.0532. The maximum Gasteiger partial charge on any atom is 0.416 e. The summed E-state index contributed by atoms with van der Waals surface area (Å²) in [5.74, 6) is -0.458. The zero-order valence-electron chi connectivity index (χ0n) is 10.1. The highest BCUT2D eigenvalue weighted by molar-refractivity contribution is 9.10. The summed E-state index contributed by atoms with van der Waals surface area (Å²) in [4.78, 5) is 0. The van der Waals surface area contributed by atoms with Gasteiger partial charge in [-0.3, -0.25) is 0 Å². The van der Waals surface area contributed by atoms with Crippen molar-refractivity contribution in [1.29, 1.82) is 0 Å². The highest BCUT2D eigenvalue weighted by Gasteiger charge is 2.30. The first-order valence-electron chi connectivity index (χ1n) is 5.71. The van der Waals surface area contributed by atoms with Crippen molar-refractivity contribution in [2.75, 3.05) is 5.32 Å². The minimum absolute atomic E-state index is 0.108. The van der Waals surface area contributed by atoms with Crippen LogP contribution in [0.4, 0.5) is 23.2 Å². The molecule has 20 heavy (non-hydrogen) atoms. The molecule has 0 unspecified atom stereocenters. The molecule has 1 nitrogen and oxygen atoms in total. The average molecular weight is 348 g/mol. The molecule has 0 atom stereocenters. The standard InChI is InChI=1S/C14H10BrF4N/c15-11-4-5-12(16)13(7-11)20-8-9-2-1-3-10(6-9)14(17,18)19/h1-7,20H,8H2. The van der Waals surface area contributed by atoms with E-state index in [0.717, 1.165) is 12.1 Å². The lowest BCUT2D eigenvalue weighted by Crippen LogP contribution is -2.07. The largest absolute Gasteiger partial charge is 0.416 e. The van der Waals surface area contributed by atoms with Crippen molar-refractivity contribution in [2.24, 2.45) is 0 Å². The molecule has 0 spiro atoms. The molecular weight excluding hydrogens is 338 g/mol. The molecule has 0 fully saturated rings. The fourth-order valence-corrected chi connectivity index (χ4v) is 2.05. The Balaban J connectivity index is 2.13. The van der Waals surface area contributed by atoms with Crippen LogP contribution in [0, 0.1) is 5.82 Å². The Morgan fingerprint density at radius 3 is 2.50 bits per heavy atom. The number of benzene rings is 2. The molecule has 1 N–H and O–H groups in total. The SMILES string of the molecule is Fc1ccc(Br)cc1NCc1cccc(C(F)(F)F)c1.